The van der Waals surface area contributed by atoms with E-state index in [0.29, 0.717) is 24.6 Å². The van der Waals surface area contributed by atoms with Gasteiger partial charge in [0, 0.05) is 32.0 Å². The van der Waals surface area contributed by atoms with E-state index in [0.717, 1.165) is 19.4 Å². The molecule has 1 aromatic heterocycles. The number of carbonyl (C=O) groups is 1. The van der Waals surface area contributed by atoms with Crippen molar-refractivity contribution in [3.05, 3.63) is 18.1 Å². The summed E-state index contributed by atoms with van der Waals surface area (Å²) < 4.78 is 0. The second-order valence-corrected chi connectivity index (χ2v) is 4.52. The number of amides is 1. The van der Waals surface area contributed by atoms with E-state index in [-0.39, 0.29) is 11.8 Å². The number of piperidine rings is 1. The number of aromatic nitrogens is 2. The van der Waals surface area contributed by atoms with Crippen molar-refractivity contribution in [2.24, 2.45) is 5.92 Å². The summed E-state index contributed by atoms with van der Waals surface area (Å²) in [5, 5.41) is 11.9. The van der Waals surface area contributed by atoms with Crippen LogP contribution in [-0.4, -0.2) is 35.5 Å². The predicted octanol–water partition coefficient (Wildman–Crippen LogP) is 0.701. The number of nitriles is 1. The van der Waals surface area contributed by atoms with Gasteiger partial charge in [0.15, 0.2) is 11.5 Å². The summed E-state index contributed by atoms with van der Waals surface area (Å²) in [7, 11) is 0. The standard InChI is InChI=1S/C13H17N5O/c1-2-15-13(19)10-4-3-7-18(9-10)12-11(8-14)16-5-6-17-12/h5-6,10H,2-4,7,9H2,1H3,(H,15,19). The van der Waals surface area contributed by atoms with Gasteiger partial charge in [0.2, 0.25) is 5.91 Å². The molecule has 1 amide bonds. The Morgan fingerprint density at radius 2 is 2.37 bits per heavy atom. The Labute approximate surface area is 112 Å². The van der Waals surface area contributed by atoms with Gasteiger partial charge in [-0.3, -0.25) is 4.79 Å². The van der Waals surface area contributed by atoms with Crippen LogP contribution in [0.25, 0.3) is 0 Å². The van der Waals surface area contributed by atoms with Crippen LogP contribution in [-0.2, 0) is 4.79 Å². The third-order valence-electron chi connectivity index (χ3n) is 3.23. The molecular formula is C13H17N5O. The van der Waals surface area contributed by atoms with E-state index < -0.39 is 0 Å². The molecule has 2 heterocycles. The summed E-state index contributed by atoms with van der Waals surface area (Å²) in [6, 6.07) is 2.05. The van der Waals surface area contributed by atoms with Crippen molar-refractivity contribution in [1.29, 1.82) is 5.26 Å². The minimum absolute atomic E-state index is 0.0396. The quantitative estimate of drug-likeness (QED) is 0.864. The second-order valence-electron chi connectivity index (χ2n) is 4.52. The van der Waals surface area contributed by atoms with Gasteiger partial charge in [-0.1, -0.05) is 0 Å². The third kappa shape index (κ3) is 2.99. The van der Waals surface area contributed by atoms with Gasteiger partial charge in [0.25, 0.3) is 0 Å². The lowest BCUT2D eigenvalue weighted by atomic mass is 9.97. The zero-order valence-electron chi connectivity index (χ0n) is 11.0. The minimum Gasteiger partial charge on any atom is -0.356 e. The van der Waals surface area contributed by atoms with E-state index in [4.69, 9.17) is 5.26 Å². The van der Waals surface area contributed by atoms with Gasteiger partial charge in [-0.15, -0.1) is 0 Å². The van der Waals surface area contributed by atoms with Crippen LogP contribution in [0.15, 0.2) is 12.4 Å². The summed E-state index contributed by atoms with van der Waals surface area (Å²) in [6.45, 7) is 3.96. The lowest BCUT2D eigenvalue weighted by molar-refractivity contribution is -0.125. The molecule has 0 aliphatic carbocycles. The largest absolute Gasteiger partial charge is 0.356 e. The number of anilines is 1. The first-order valence-corrected chi connectivity index (χ1v) is 6.50. The fraction of sp³-hybridized carbons (Fsp3) is 0.538. The lowest BCUT2D eigenvalue weighted by Gasteiger charge is -2.32. The highest BCUT2D eigenvalue weighted by Crippen LogP contribution is 2.23. The molecule has 100 valence electrons. The van der Waals surface area contributed by atoms with Gasteiger partial charge in [0.05, 0.1) is 5.92 Å². The smallest absolute Gasteiger partial charge is 0.224 e. The SMILES string of the molecule is CCNC(=O)C1CCCN(c2nccnc2C#N)C1. The van der Waals surface area contributed by atoms with E-state index in [1.54, 1.807) is 6.20 Å². The zero-order valence-corrected chi connectivity index (χ0v) is 11.0. The minimum atomic E-state index is -0.0396. The number of nitrogens with zero attached hydrogens (tertiary/aromatic N) is 4. The summed E-state index contributed by atoms with van der Waals surface area (Å²) in [4.78, 5) is 22.1. The van der Waals surface area contributed by atoms with Crippen LogP contribution in [0, 0.1) is 17.2 Å². The van der Waals surface area contributed by atoms with E-state index in [2.05, 4.69) is 15.3 Å². The third-order valence-corrected chi connectivity index (χ3v) is 3.23. The Hall–Kier alpha value is -2.16. The highest BCUT2D eigenvalue weighted by atomic mass is 16.1. The monoisotopic (exact) mass is 259 g/mol. The van der Waals surface area contributed by atoms with Gasteiger partial charge < -0.3 is 10.2 Å². The van der Waals surface area contributed by atoms with Crippen molar-refractivity contribution in [3.63, 3.8) is 0 Å². The van der Waals surface area contributed by atoms with E-state index in [1.165, 1.54) is 6.20 Å². The van der Waals surface area contributed by atoms with E-state index >= 15 is 0 Å². The molecule has 0 saturated carbocycles. The molecule has 0 aromatic carbocycles. The second kappa shape index (κ2) is 6.14. The number of rotatable bonds is 3. The topological polar surface area (TPSA) is 81.9 Å². The summed E-state index contributed by atoms with van der Waals surface area (Å²) in [6.07, 6.45) is 4.88. The number of carbonyl (C=O) groups excluding carboxylic acids is 1. The normalized spacial score (nSPS) is 18.7. The number of hydrogen-bond donors (Lipinski definition) is 1. The van der Waals surface area contributed by atoms with Crippen LogP contribution in [0.2, 0.25) is 0 Å². The summed E-state index contributed by atoms with van der Waals surface area (Å²) >= 11 is 0. The highest BCUT2D eigenvalue weighted by molar-refractivity contribution is 5.79. The Morgan fingerprint density at radius 3 is 3.11 bits per heavy atom. The maximum atomic E-state index is 11.9. The molecule has 2 rings (SSSR count). The fourth-order valence-corrected chi connectivity index (χ4v) is 2.34. The first kappa shape index (κ1) is 13.3. The molecule has 0 spiro atoms. The molecule has 1 aliphatic rings. The average Bonchev–Trinajstić information content (AvgIpc) is 2.47. The zero-order chi connectivity index (χ0) is 13.7. The van der Waals surface area contributed by atoms with Crippen LogP contribution >= 0.6 is 0 Å². The predicted molar refractivity (Wildman–Crippen MR) is 70.4 cm³/mol. The van der Waals surface area contributed by atoms with Crippen LogP contribution < -0.4 is 10.2 Å². The molecule has 1 saturated heterocycles. The molecule has 1 fully saturated rings. The van der Waals surface area contributed by atoms with Crippen molar-refractivity contribution in [2.75, 3.05) is 24.5 Å². The number of hydrogen-bond acceptors (Lipinski definition) is 5. The summed E-state index contributed by atoms with van der Waals surface area (Å²) in [5.74, 6) is 0.621. The maximum absolute atomic E-state index is 11.9. The molecular weight excluding hydrogens is 242 g/mol. The van der Waals surface area contributed by atoms with Gasteiger partial charge in [-0.05, 0) is 19.8 Å². The van der Waals surface area contributed by atoms with Crippen molar-refractivity contribution >= 4 is 11.7 Å². The molecule has 1 atom stereocenters. The van der Waals surface area contributed by atoms with Gasteiger partial charge in [-0.25, -0.2) is 9.97 Å². The highest BCUT2D eigenvalue weighted by Gasteiger charge is 2.27. The maximum Gasteiger partial charge on any atom is 0.224 e. The van der Waals surface area contributed by atoms with Gasteiger partial charge in [0.1, 0.15) is 6.07 Å². The van der Waals surface area contributed by atoms with Gasteiger partial charge in [-0.2, -0.15) is 5.26 Å². The van der Waals surface area contributed by atoms with Crippen LogP contribution in [0.1, 0.15) is 25.5 Å². The van der Waals surface area contributed by atoms with Gasteiger partial charge >= 0.3 is 0 Å². The molecule has 0 bridgehead atoms. The Balaban J connectivity index is 2.13. The fourth-order valence-electron chi connectivity index (χ4n) is 2.34. The van der Waals surface area contributed by atoms with Crippen LogP contribution in [0.3, 0.4) is 0 Å². The van der Waals surface area contributed by atoms with Crippen molar-refractivity contribution in [2.45, 2.75) is 19.8 Å². The van der Waals surface area contributed by atoms with Crippen molar-refractivity contribution in [3.8, 4) is 6.07 Å². The molecule has 0 radical (unpaired) electrons. The number of nitrogens with one attached hydrogen (secondary N) is 1. The first-order chi connectivity index (χ1) is 9.26. The Bertz CT molecular complexity index is 496. The Kier molecular flexibility index (Phi) is 4.29. The molecule has 19 heavy (non-hydrogen) atoms. The first-order valence-electron chi connectivity index (χ1n) is 6.50. The lowest BCUT2D eigenvalue weighted by Crippen LogP contribution is -2.43. The van der Waals surface area contributed by atoms with Crippen molar-refractivity contribution in [1.82, 2.24) is 15.3 Å². The Morgan fingerprint density at radius 1 is 1.58 bits per heavy atom. The molecule has 6 heteroatoms. The van der Waals surface area contributed by atoms with E-state index in [9.17, 15) is 4.79 Å². The molecule has 6 nitrogen and oxygen atoms in total. The molecule has 1 unspecified atom stereocenters. The molecule has 1 N–H and O–H groups in total. The average molecular weight is 259 g/mol. The summed E-state index contributed by atoms with van der Waals surface area (Å²) in [5.41, 5.74) is 0.319. The van der Waals surface area contributed by atoms with Crippen molar-refractivity contribution < 1.29 is 4.79 Å². The molecule has 1 aliphatic heterocycles. The van der Waals surface area contributed by atoms with Crippen LogP contribution in [0.5, 0.6) is 0 Å². The molecule has 1 aromatic rings. The van der Waals surface area contributed by atoms with E-state index in [1.807, 2.05) is 17.9 Å². The van der Waals surface area contributed by atoms with Crippen LogP contribution in [0.4, 0.5) is 5.82 Å².